The van der Waals surface area contributed by atoms with E-state index in [1.165, 1.54) is 0 Å². The number of aromatic carboxylic acids is 1. The van der Waals surface area contributed by atoms with Crippen LogP contribution in [0.3, 0.4) is 0 Å². The summed E-state index contributed by atoms with van der Waals surface area (Å²) in [4.78, 5) is 39.0. The summed E-state index contributed by atoms with van der Waals surface area (Å²) in [7, 11) is 0. The Morgan fingerprint density at radius 1 is 1.42 bits per heavy atom. The molecular formula is C15H14ClFN2O5. The third-order valence-electron chi connectivity index (χ3n) is 3.88. The molecule has 0 amide bonds. The molecule has 2 unspecified atom stereocenters. The van der Waals surface area contributed by atoms with Crippen molar-refractivity contribution in [2.24, 2.45) is 5.92 Å². The summed E-state index contributed by atoms with van der Waals surface area (Å²) >= 11 is 5.65. The molecule has 0 spiro atoms. The minimum atomic E-state index is -1.54. The van der Waals surface area contributed by atoms with Gasteiger partial charge in [0.1, 0.15) is 17.3 Å². The predicted molar refractivity (Wildman–Crippen MR) is 84.1 cm³/mol. The van der Waals surface area contributed by atoms with Crippen molar-refractivity contribution in [1.82, 2.24) is 9.55 Å². The lowest BCUT2D eigenvalue weighted by Crippen LogP contribution is -2.29. The average Bonchev–Trinajstić information content (AvgIpc) is 2.50. The molecule has 0 radical (unpaired) electrons. The molecule has 2 rings (SSSR count). The van der Waals surface area contributed by atoms with Gasteiger partial charge in [-0.1, -0.05) is 31.9 Å². The van der Waals surface area contributed by atoms with Crippen LogP contribution in [0.25, 0.3) is 11.0 Å². The first-order chi connectivity index (χ1) is 11.2. The van der Waals surface area contributed by atoms with Crippen molar-refractivity contribution >= 4 is 34.6 Å². The van der Waals surface area contributed by atoms with Crippen LogP contribution >= 0.6 is 11.6 Å². The molecule has 2 N–H and O–H groups in total. The minimum Gasteiger partial charge on any atom is -0.480 e. The molecule has 2 aromatic heterocycles. The standard InChI is InChI=1S/C15H14ClFN2O5/c1-3-6(2)10(15(23)24)19-5-8(14(21)22)11(20)7-4-9(17)12(16)18-13(7)19/h4-6,10H,3H2,1-2H3,(H,21,22)(H,23,24). The second kappa shape index (κ2) is 6.56. The number of rotatable bonds is 5. The molecule has 0 aliphatic carbocycles. The third-order valence-corrected chi connectivity index (χ3v) is 4.15. The van der Waals surface area contributed by atoms with Gasteiger partial charge >= 0.3 is 11.9 Å². The van der Waals surface area contributed by atoms with Gasteiger partial charge in [-0.3, -0.25) is 4.79 Å². The molecule has 0 bridgehead atoms. The zero-order valence-electron chi connectivity index (χ0n) is 12.8. The van der Waals surface area contributed by atoms with E-state index < -0.39 is 45.9 Å². The van der Waals surface area contributed by atoms with Gasteiger partial charge in [0.25, 0.3) is 0 Å². The molecule has 0 aliphatic heterocycles. The summed E-state index contributed by atoms with van der Waals surface area (Å²) in [5.41, 5.74) is -1.80. The molecule has 0 saturated heterocycles. The second-order valence-electron chi connectivity index (χ2n) is 5.39. The fourth-order valence-corrected chi connectivity index (χ4v) is 2.58. The highest BCUT2D eigenvalue weighted by molar-refractivity contribution is 6.29. The minimum absolute atomic E-state index is 0.177. The first kappa shape index (κ1) is 17.9. The highest BCUT2D eigenvalue weighted by atomic mass is 35.5. The van der Waals surface area contributed by atoms with Gasteiger partial charge in [0, 0.05) is 6.20 Å². The Kier molecular flexibility index (Phi) is 4.88. The van der Waals surface area contributed by atoms with Crippen molar-refractivity contribution in [3.63, 3.8) is 0 Å². The monoisotopic (exact) mass is 356 g/mol. The van der Waals surface area contributed by atoms with Crippen molar-refractivity contribution in [1.29, 1.82) is 0 Å². The van der Waals surface area contributed by atoms with Crippen molar-refractivity contribution in [2.45, 2.75) is 26.3 Å². The molecule has 0 saturated carbocycles. The smallest absolute Gasteiger partial charge is 0.341 e. The van der Waals surface area contributed by atoms with Gasteiger partial charge in [-0.05, 0) is 12.0 Å². The summed E-state index contributed by atoms with van der Waals surface area (Å²) in [6.07, 6.45) is 1.39. The fraction of sp³-hybridized carbons (Fsp3) is 0.333. The SMILES string of the molecule is CCC(C)C(C(=O)O)n1cc(C(=O)O)c(=O)c2cc(F)c(Cl)nc21. The topological polar surface area (TPSA) is 109 Å². The molecule has 0 aromatic carbocycles. The predicted octanol–water partition coefficient (Wildman–Crippen LogP) is 2.56. The van der Waals surface area contributed by atoms with E-state index in [1.807, 2.05) is 0 Å². The van der Waals surface area contributed by atoms with Crippen molar-refractivity contribution < 1.29 is 24.2 Å². The van der Waals surface area contributed by atoms with Crippen LogP contribution in [0.2, 0.25) is 5.15 Å². The van der Waals surface area contributed by atoms with E-state index in [0.29, 0.717) is 6.42 Å². The number of fused-ring (bicyclic) bond motifs is 1. The Morgan fingerprint density at radius 3 is 2.54 bits per heavy atom. The van der Waals surface area contributed by atoms with Crippen LogP contribution in [0.5, 0.6) is 0 Å². The fourth-order valence-electron chi connectivity index (χ4n) is 2.45. The van der Waals surface area contributed by atoms with E-state index in [9.17, 15) is 29.0 Å². The Morgan fingerprint density at radius 2 is 2.04 bits per heavy atom. The van der Waals surface area contributed by atoms with Crippen LogP contribution in [0, 0.1) is 11.7 Å². The Bertz CT molecular complexity index is 896. The maximum Gasteiger partial charge on any atom is 0.341 e. The van der Waals surface area contributed by atoms with Gasteiger partial charge in [0.05, 0.1) is 5.39 Å². The van der Waals surface area contributed by atoms with Gasteiger partial charge in [-0.2, -0.15) is 0 Å². The van der Waals surface area contributed by atoms with E-state index in [-0.39, 0.29) is 11.0 Å². The number of halogens is 2. The molecule has 2 aromatic rings. The molecule has 0 aliphatic rings. The first-order valence-electron chi connectivity index (χ1n) is 7.06. The molecule has 2 atom stereocenters. The molecular weight excluding hydrogens is 343 g/mol. The van der Waals surface area contributed by atoms with Crippen LogP contribution in [0.15, 0.2) is 17.1 Å². The number of aliphatic carboxylic acids is 1. The summed E-state index contributed by atoms with van der Waals surface area (Å²) in [6.45, 7) is 3.43. The van der Waals surface area contributed by atoms with Gasteiger partial charge in [-0.15, -0.1) is 0 Å². The summed E-state index contributed by atoms with van der Waals surface area (Å²) in [5.74, 6) is -4.17. The highest BCUT2D eigenvalue weighted by Gasteiger charge is 2.29. The lowest BCUT2D eigenvalue weighted by Gasteiger charge is -2.23. The highest BCUT2D eigenvalue weighted by Crippen LogP contribution is 2.26. The Balaban J connectivity index is 2.97. The summed E-state index contributed by atoms with van der Waals surface area (Å²) in [5, 5.41) is 17.8. The molecule has 0 fully saturated rings. The number of nitrogens with zero attached hydrogens (tertiary/aromatic N) is 2. The third kappa shape index (κ3) is 2.96. The maximum absolute atomic E-state index is 13.7. The molecule has 24 heavy (non-hydrogen) atoms. The van der Waals surface area contributed by atoms with Crippen molar-refractivity contribution in [3.8, 4) is 0 Å². The van der Waals surface area contributed by atoms with Crippen LogP contribution < -0.4 is 5.43 Å². The zero-order valence-corrected chi connectivity index (χ0v) is 13.5. The van der Waals surface area contributed by atoms with Crippen molar-refractivity contribution in [2.75, 3.05) is 0 Å². The van der Waals surface area contributed by atoms with E-state index in [1.54, 1.807) is 13.8 Å². The average molecular weight is 357 g/mol. The van der Waals surface area contributed by atoms with Gasteiger partial charge in [-0.25, -0.2) is 19.0 Å². The number of carbonyl (C=O) groups is 2. The van der Waals surface area contributed by atoms with Crippen LogP contribution in [0.1, 0.15) is 36.7 Å². The number of hydrogen-bond acceptors (Lipinski definition) is 4. The Hall–Kier alpha value is -2.48. The number of hydrogen-bond donors (Lipinski definition) is 2. The van der Waals surface area contributed by atoms with E-state index in [2.05, 4.69) is 4.98 Å². The van der Waals surface area contributed by atoms with Crippen LogP contribution in [0.4, 0.5) is 4.39 Å². The lowest BCUT2D eigenvalue weighted by molar-refractivity contribution is -0.142. The molecule has 7 nitrogen and oxygen atoms in total. The largest absolute Gasteiger partial charge is 0.480 e. The molecule has 128 valence electrons. The van der Waals surface area contributed by atoms with E-state index in [0.717, 1.165) is 16.8 Å². The number of pyridine rings is 2. The quantitative estimate of drug-likeness (QED) is 0.797. The number of carboxylic acids is 2. The Labute approximate surface area is 140 Å². The lowest BCUT2D eigenvalue weighted by atomic mass is 9.98. The number of carboxylic acid groups (broad SMARTS) is 2. The van der Waals surface area contributed by atoms with Gasteiger partial charge in [0.2, 0.25) is 5.43 Å². The van der Waals surface area contributed by atoms with E-state index in [4.69, 9.17) is 11.6 Å². The number of aromatic nitrogens is 2. The first-order valence-corrected chi connectivity index (χ1v) is 7.43. The zero-order chi connectivity index (χ0) is 18.2. The molecule has 9 heteroatoms. The maximum atomic E-state index is 13.7. The van der Waals surface area contributed by atoms with Crippen molar-refractivity contribution in [3.05, 3.63) is 39.0 Å². The van der Waals surface area contributed by atoms with Crippen LogP contribution in [-0.4, -0.2) is 31.7 Å². The van der Waals surface area contributed by atoms with E-state index >= 15 is 0 Å². The summed E-state index contributed by atoms with van der Waals surface area (Å²) < 4.78 is 14.7. The second-order valence-corrected chi connectivity index (χ2v) is 5.74. The van der Waals surface area contributed by atoms with Crippen LogP contribution in [-0.2, 0) is 4.79 Å². The summed E-state index contributed by atoms with van der Waals surface area (Å²) in [6, 6.07) is -0.420. The van der Waals surface area contributed by atoms with Gasteiger partial charge in [0.15, 0.2) is 11.0 Å². The normalized spacial score (nSPS) is 13.7. The van der Waals surface area contributed by atoms with Gasteiger partial charge < -0.3 is 14.8 Å². The molecule has 2 heterocycles.